The Morgan fingerprint density at radius 3 is 2.62 bits per heavy atom. The highest BCUT2D eigenvalue weighted by Crippen LogP contribution is 2.13. The molecule has 3 rings (SSSR count). The topological polar surface area (TPSA) is 47.3 Å². The third kappa shape index (κ3) is 4.20. The van der Waals surface area contributed by atoms with Crippen LogP contribution >= 0.6 is 11.6 Å². The van der Waals surface area contributed by atoms with Crippen LogP contribution in [0.1, 0.15) is 48.3 Å². The van der Waals surface area contributed by atoms with Gasteiger partial charge in [-0.2, -0.15) is 5.10 Å². The summed E-state index contributed by atoms with van der Waals surface area (Å²) in [5.41, 5.74) is 1.77. The van der Waals surface area contributed by atoms with Crippen molar-refractivity contribution in [2.45, 2.75) is 38.5 Å². The third-order valence-electron chi connectivity index (χ3n) is 4.07. The summed E-state index contributed by atoms with van der Waals surface area (Å²) in [4.78, 5) is 16.4. The molecule has 0 bridgehead atoms. The number of halogens is 1. The molecule has 2 heterocycles. The minimum atomic E-state index is 0.230. The first-order chi connectivity index (χ1) is 11.7. The highest BCUT2D eigenvalue weighted by Gasteiger charge is 2.06. The predicted octanol–water partition coefficient (Wildman–Crippen LogP) is 4.76. The van der Waals surface area contributed by atoms with Crippen LogP contribution in [0.3, 0.4) is 0 Å². The van der Waals surface area contributed by atoms with Crippen molar-refractivity contribution in [3.8, 4) is 0 Å². The molecule has 0 N–H and O–H groups in total. The zero-order chi connectivity index (χ0) is 16.8. The number of hydrogen-bond donors (Lipinski definition) is 0. The summed E-state index contributed by atoms with van der Waals surface area (Å²) >= 11 is 5.94. The van der Waals surface area contributed by atoms with Crippen molar-refractivity contribution in [2.24, 2.45) is 0 Å². The lowest BCUT2D eigenvalue weighted by Gasteiger charge is -2.03. The number of nitrogens with zero attached hydrogens (tertiary/aromatic N) is 3. The monoisotopic (exact) mass is 341 g/mol. The second-order valence-electron chi connectivity index (χ2n) is 5.87. The first kappa shape index (κ1) is 16.7. The summed E-state index contributed by atoms with van der Waals surface area (Å²) in [5.74, 6) is 1.17. The van der Waals surface area contributed by atoms with Crippen molar-refractivity contribution in [2.75, 3.05) is 0 Å². The zero-order valence-corrected chi connectivity index (χ0v) is 14.2. The molecule has 4 nitrogen and oxygen atoms in total. The highest BCUT2D eigenvalue weighted by molar-refractivity contribution is 6.29. The normalized spacial score (nSPS) is 11.0. The Balaban J connectivity index is 1.39. The van der Waals surface area contributed by atoms with Gasteiger partial charge in [-0.3, -0.25) is 4.79 Å². The van der Waals surface area contributed by atoms with Crippen molar-refractivity contribution < 1.29 is 4.79 Å². The molecule has 24 heavy (non-hydrogen) atoms. The average molecular weight is 342 g/mol. The summed E-state index contributed by atoms with van der Waals surface area (Å²) in [5, 5.41) is 4.76. The predicted molar refractivity (Wildman–Crippen MR) is 95.6 cm³/mol. The minimum Gasteiger partial charge on any atom is -0.294 e. The number of Topliss-reactive ketones (excluding diaryl/α,β-unsaturated/α-hetero) is 1. The fraction of sp³-hybridized carbons (Fsp3) is 0.316. The molecule has 2 aromatic heterocycles. The Kier molecular flexibility index (Phi) is 5.59. The third-order valence-corrected chi connectivity index (χ3v) is 4.27. The Labute approximate surface area is 146 Å². The van der Waals surface area contributed by atoms with Gasteiger partial charge in [-0.15, -0.1) is 0 Å². The van der Waals surface area contributed by atoms with Gasteiger partial charge in [0, 0.05) is 18.4 Å². The van der Waals surface area contributed by atoms with Gasteiger partial charge < -0.3 is 0 Å². The molecule has 0 spiro atoms. The molecular weight excluding hydrogens is 322 g/mol. The number of hydrogen-bond acceptors (Lipinski definition) is 3. The minimum absolute atomic E-state index is 0.230. The van der Waals surface area contributed by atoms with Gasteiger partial charge in [-0.05, 0) is 25.0 Å². The van der Waals surface area contributed by atoms with Gasteiger partial charge in [0.05, 0.1) is 11.7 Å². The molecule has 3 aromatic rings. The van der Waals surface area contributed by atoms with E-state index in [0.29, 0.717) is 11.6 Å². The van der Waals surface area contributed by atoms with Crippen molar-refractivity contribution in [3.05, 3.63) is 65.2 Å². The molecule has 0 radical (unpaired) electrons. The lowest BCUT2D eigenvalue weighted by Crippen LogP contribution is -2.00. The van der Waals surface area contributed by atoms with Crippen LogP contribution in [0.2, 0.25) is 5.15 Å². The summed E-state index contributed by atoms with van der Waals surface area (Å²) < 4.78 is 1.81. The van der Waals surface area contributed by atoms with Gasteiger partial charge >= 0.3 is 0 Å². The van der Waals surface area contributed by atoms with Crippen LogP contribution < -0.4 is 0 Å². The van der Waals surface area contributed by atoms with Crippen LogP contribution in [0, 0.1) is 0 Å². The maximum atomic E-state index is 12.0. The van der Waals surface area contributed by atoms with E-state index < -0.39 is 0 Å². The molecule has 0 fully saturated rings. The SMILES string of the molecule is O=C(CCCCCCc1ncc2ccc(Cl)nn12)c1ccccc1. The number of benzene rings is 1. The van der Waals surface area contributed by atoms with E-state index in [4.69, 9.17) is 11.6 Å². The fourth-order valence-corrected chi connectivity index (χ4v) is 2.91. The Morgan fingerprint density at radius 1 is 1.00 bits per heavy atom. The summed E-state index contributed by atoms with van der Waals surface area (Å²) in [6.07, 6.45) is 7.40. The zero-order valence-electron chi connectivity index (χ0n) is 13.5. The van der Waals surface area contributed by atoms with E-state index in [1.165, 1.54) is 0 Å². The molecule has 0 aliphatic rings. The molecule has 124 valence electrons. The fourth-order valence-electron chi connectivity index (χ4n) is 2.77. The van der Waals surface area contributed by atoms with Crippen LogP contribution in [0.4, 0.5) is 0 Å². The number of fused-ring (bicyclic) bond motifs is 1. The van der Waals surface area contributed by atoms with Crippen molar-refractivity contribution in [1.82, 2.24) is 14.6 Å². The number of ketones is 1. The van der Waals surface area contributed by atoms with E-state index >= 15 is 0 Å². The number of aromatic nitrogens is 3. The standard InChI is InChI=1S/C19H20ClN3O/c20-18-13-12-16-14-21-19(23(16)22-18)11-7-2-1-6-10-17(24)15-8-4-3-5-9-15/h3-5,8-9,12-14H,1-2,6-7,10-11H2. The molecule has 0 aliphatic heterocycles. The summed E-state index contributed by atoms with van der Waals surface area (Å²) in [6.45, 7) is 0. The van der Waals surface area contributed by atoms with Crippen LogP contribution in [-0.4, -0.2) is 20.4 Å². The maximum absolute atomic E-state index is 12.0. The summed E-state index contributed by atoms with van der Waals surface area (Å²) in [7, 11) is 0. The molecular formula is C19H20ClN3O. The van der Waals surface area contributed by atoms with Crippen LogP contribution in [0.5, 0.6) is 0 Å². The number of carbonyl (C=O) groups is 1. The van der Waals surface area contributed by atoms with E-state index in [0.717, 1.165) is 49.0 Å². The second kappa shape index (κ2) is 8.06. The van der Waals surface area contributed by atoms with Crippen LogP contribution in [0.25, 0.3) is 5.52 Å². The molecule has 5 heteroatoms. The lowest BCUT2D eigenvalue weighted by molar-refractivity contribution is 0.0979. The van der Waals surface area contributed by atoms with Gasteiger partial charge in [-0.25, -0.2) is 9.50 Å². The highest BCUT2D eigenvalue weighted by atomic mass is 35.5. The van der Waals surface area contributed by atoms with Crippen molar-refractivity contribution >= 4 is 22.9 Å². The Morgan fingerprint density at radius 2 is 1.79 bits per heavy atom. The lowest BCUT2D eigenvalue weighted by atomic mass is 10.0. The van der Waals surface area contributed by atoms with Gasteiger partial charge in [0.25, 0.3) is 0 Å². The van der Waals surface area contributed by atoms with Crippen molar-refractivity contribution in [3.63, 3.8) is 0 Å². The van der Waals surface area contributed by atoms with Crippen LogP contribution in [-0.2, 0) is 6.42 Å². The molecule has 0 saturated heterocycles. The smallest absolute Gasteiger partial charge is 0.162 e. The van der Waals surface area contributed by atoms with Gasteiger partial charge in [0.2, 0.25) is 0 Å². The first-order valence-corrected chi connectivity index (χ1v) is 8.69. The molecule has 0 aliphatic carbocycles. The molecule has 0 saturated carbocycles. The van der Waals surface area contributed by atoms with E-state index in [1.807, 2.05) is 42.6 Å². The van der Waals surface area contributed by atoms with Gasteiger partial charge in [0.15, 0.2) is 5.78 Å². The molecule has 0 unspecified atom stereocenters. The van der Waals surface area contributed by atoms with E-state index in [-0.39, 0.29) is 5.78 Å². The maximum Gasteiger partial charge on any atom is 0.162 e. The molecule has 0 amide bonds. The van der Waals surface area contributed by atoms with Crippen molar-refractivity contribution in [1.29, 1.82) is 0 Å². The van der Waals surface area contributed by atoms with Gasteiger partial charge in [0.1, 0.15) is 11.0 Å². The average Bonchev–Trinajstić information content (AvgIpc) is 3.00. The quantitative estimate of drug-likeness (QED) is 0.438. The number of carbonyl (C=O) groups excluding carboxylic acids is 1. The van der Waals surface area contributed by atoms with E-state index in [9.17, 15) is 4.79 Å². The molecule has 1 aromatic carbocycles. The number of unbranched alkanes of at least 4 members (excludes halogenated alkanes) is 3. The molecule has 0 atom stereocenters. The number of aryl methyl sites for hydroxylation is 1. The Hall–Kier alpha value is -2.20. The Bertz CT molecular complexity index is 814. The van der Waals surface area contributed by atoms with Gasteiger partial charge in [-0.1, -0.05) is 54.8 Å². The first-order valence-electron chi connectivity index (χ1n) is 8.31. The number of rotatable bonds is 8. The van der Waals surface area contributed by atoms with Crippen LogP contribution in [0.15, 0.2) is 48.7 Å². The summed E-state index contributed by atoms with van der Waals surface area (Å²) in [6, 6.07) is 13.2. The second-order valence-corrected chi connectivity index (χ2v) is 6.26. The van der Waals surface area contributed by atoms with E-state index in [2.05, 4.69) is 10.1 Å². The number of imidazole rings is 1. The van der Waals surface area contributed by atoms with E-state index in [1.54, 1.807) is 10.6 Å². The largest absolute Gasteiger partial charge is 0.294 e.